The van der Waals surface area contributed by atoms with Crippen LogP contribution in [-0.2, 0) is 4.79 Å². The van der Waals surface area contributed by atoms with Gasteiger partial charge in [0, 0.05) is 24.7 Å². The number of likely N-dealkylation sites (tertiary alicyclic amines) is 1. The molecule has 114 valence electrons. The van der Waals surface area contributed by atoms with Crippen LogP contribution in [0.3, 0.4) is 0 Å². The Bertz CT molecular complexity index is 747. The minimum absolute atomic E-state index is 0.152. The van der Waals surface area contributed by atoms with Gasteiger partial charge in [0.1, 0.15) is 5.82 Å². The smallest absolute Gasteiger partial charge is 0.308 e. The van der Waals surface area contributed by atoms with Gasteiger partial charge in [0.15, 0.2) is 0 Å². The lowest BCUT2D eigenvalue weighted by Crippen LogP contribution is -2.42. The molecule has 1 fully saturated rings. The van der Waals surface area contributed by atoms with Crippen molar-refractivity contribution in [3.63, 3.8) is 0 Å². The van der Waals surface area contributed by atoms with E-state index >= 15 is 0 Å². The van der Waals surface area contributed by atoms with Gasteiger partial charge in [-0.05, 0) is 31.0 Å². The summed E-state index contributed by atoms with van der Waals surface area (Å²) in [6.45, 7) is 0.631. The van der Waals surface area contributed by atoms with Gasteiger partial charge in [-0.3, -0.25) is 14.6 Å². The minimum atomic E-state index is -0.903. The first-order chi connectivity index (χ1) is 10.6. The molecule has 0 spiro atoms. The number of pyridine rings is 1. The van der Waals surface area contributed by atoms with Crippen LogP contribution >= 0.6 is 0 Å². The van der Waals surface area contributed by atoms with Crippen molar-refractivity contribution in [2.24, 2.45) is 5.92 Å². The number of hydrogen-bond donors (Lipinski definition) is 1. The van der Waals surface area contributed by atoms with Gasteiger partial charge >= 0.3 is 5.97 Å². The molecule has 5 nitrogen and oxygen atoms in total. The summed E-state index contributed by atoms with van der Waals surface area (Å²) in [5.74, 6) is -2.34. The molecular formula is C16H15FN2O3. The number of aromatic nitrogens is 1. The molecule has 2 heterocycles. The Kier molecular flexibility index (Phi) is 3.75. The van der Waals surface area contributed by atoms with Crippen LogP contribution in [0.2, 0.25) is 0 Å². The molecule has 1 N–H and O–H groups in total. The third kappa shape index (κ3) is 2.64. The third-order valence-electron chi connectivity index (χ3n) is 3.96. The predicted molar refractivity (Wildman–Crippen MR) is 78.0 cm³/mol. The molecule has 0 aliphatic carbocycles. The fourth-order valence-electron chi connectivity index (χ4n) is 2.85. The van der Waals surface area contributed by atoms with Gasteiger partial charge in [0.25, 0.3) is 5.91 Å². The normalized spacial score (nSPS) is 18.4. The number of rotatable bonds is 2. The van der Waals surface area contributed by atoms with Gasteiger partial charge in [-0.1, -0.05) is 6.07 Å². The van der Waals surface area contributed by atoms with Crippen LogP contribution in [0, 0.1) is 11.7 Å². The Morgan fingerprint density at radius 2 is 2.18 bits per heavy atom. The van der Waals surface area contributed by atoms with Gasteiger partial charge < -0.3 is 10.0 Å². The Morgan fingerprint density at radius 3 is 2.95 bits per heavy atom. The monoisotopic (exact) mass is 302 g/mol. The number of hydrogen-bond acceptors (Lipinski definition) is 3. The molecule has 0 saturated carbocycles. The second kappa shape index (κ2) is 5.71. The third-order valence-corrected chi connectivity index (χ3v) is 3.96. The van der Waals surface area contributed by atoms with Crippen LogP contribution in [0.25, 0.3) is 10.9 Å². The maximum atomic E-state index is 13.7. The van der Waals surface area contributed by atoms with E-state index in [4.69, 9.17) is 5.11 Å². The van der Waals surface area contributed by atoms with Crippen LogP contribution in [0.1, 0.15) is 23.2 Å². The maximum absolute atomic E-state index is 13.7. The number of carboxylic acids is 1. The molecule has 1 aromatic carbocycles. The lowest BCUT2D eigenvalue weighted by molar-refractivity contribution is -0.143. The Hall–Kier alpha value is -2.50. The van der Waals surface area contributed by atoms with Crippen LogP contribution in [-0.4, -0.2) is 40.0 Å². The second-order valence-electron chi connectivity index (χ2n) is 5.46. The van der Waals surface area contributed by atoms with Crippen LogP contribution in [0.5, 0.6) is 0 Å². The summed E-state index contributed by atoms with van der Waals surface area (Å²) in [4.78, 5) is 29.4. The summed E-state index contributed by atoms with van der Waals surface area (Å²) < 4.78 is 13.7. The molecule has 0 radical (unpaired) electrons. The fraction of sp³-hybridized carbons (Fsp3) is 0.312. The van der Waals surface area contributed by atoms with E-state index in [9.17, 15) is 14.0 Å². The quantitative estimate of drug-likeness (QED) is 0.924. The maximum Gasteiger partial charge on any atom is 0.308 e. The van der Waals surface area contributed by atoms with Crippen molar-refractivity contribution in [3.8, 4) is 0 Å². The first-order valence-electron chi connectivity index (χ1n) is 7.12. The number of nitrogens with zero attached hydrogens (tertiary/aromatic N) is 2. The zero-order valence-corrected chi connectivity index (χ0v) is 11.8. The number of benzene rings is 1. The van der Waals surface area contributed by atoms with Crippen LogP contribution in [0.15, 0.2) is 30.5 Å². The molecule has 1 amide bonds. The summed E-state index contributed by atoms with van der Waals surface area (Å²) in [6.07, 6.45) is 2.73. The van der Waals surface area contributed by atoms with Crippen molar-refractivity contribution in [1.29, 1.82) is 0 Å². The summed E-state index contributed by atoms with van der Waals surface area (Å²) in [5.41, 5.74) is 0.619. The van der Waals surface area contributed by atoms with E-state index in [1.54, 1.807) is 18.3 Å². The van der Waals surface area contributed by atoms with Crippen LogP contribution in [0.4, 0.5) is 4.39 Å². The Balaban J connectivity index is 1.97. The van der Waals surface area contributed by atoms with Crippen molar-refractivity contribution >= 4 is 22.8 Å². The highest BCUT2D eigenvalue weighted by molar-refractivity contribution is 6.05. The van der Waals surface area contributed by atoms with E-state index < -0.39 is 17.7 Å². The molecule has 2 aromatic rings. The number of carboxylic acid groups (broad SMARTS) is 1. The summed E-state index contributed by atoms with van der Waals surface area (Å²) in [5, 5.41) is 9.67. The molecule has 1 aliphatic rings. The summed E-state index contributed by atoms with van der Waals surface area (Å²) in [7, 11) is 0. The molecular weight excluding hydrogens is 287 g/mol. The number of halogens is 1. The van der Waals surface area contributed by atoms with E-state index in [-0.39, 0.29) is 18.0 Å². The number of carbonyl (C=O) groups is 2. The number of carbonyl (C=O) groups excluding carboxylic acids is 1. The highest BCUT2D eigenvalue weighted by Crippen LogP contribution is 2.23. The van der Waals surface area contributed by atoms with Crippen molar-refractivity contribution in [2.45, 2.75) is 12.8 Å². The summed E-state index contributed by atoms with van der Waals surface area (Å²) in [6, 6.07) is 5.87. The first-order valence-corrected chi connectivity index (χ1v) is 7.12. The lowest BCUT2D eigenvalue weighted by Gasteiger charge is -2.30. The van der Waals surface area contributed by atoms with Crippen molar-refractivity contribution in [2.75, 3.05) is 13.1 Å². The zero-order chi connectivity index (χ0) is 15.7. The van der Waals surface area contributed by atoms with Crippen molar-refractivity contribution in [3.05, 3.63) is 41.8 Å². The first kappa shape index (κ1) is 14.4. The zero-order valence-electron chi connectivity index (χ0n) is 11.8. The van der Waals surface area contributed by atoms with E-state index in [0.29, 0.717) is 30.3 Å². The molecule has 1 saturated heterocycles. The number of aliphatic carboxylic acids is 1. The molecule has 22 heavy (non-hydrogen) atoms. The molecule has 1 aliphatic heterocycles. The predicted octanol–water partition coefficient (Wildman–Crippen LogP) is 2.31. The Morgan fingerprint density at radius 1 is 1.36 bits per heavy atom. The van der Waals surface area contributed by atoms with E-state index in [2.05, 4.69) is 4.98 Å². The second-order valence-corrected chi connectivity index (χ2v) is 5.46. The molecule has 0 bridgehead atoms. The highest BCUT2D eigenvalue weighted by Gasteiger charge is 2.29. The van der Waals surface area contributed by atoms with E-state index in [1.165, 1.54) is 17.0 Å². The Labute approximate surface area is 126 Å². The van der Waals surface area contributed by atoms with Gasteiger partial charge in [0.2, 0.25) is 0 Å². The number of piperidine rings is 1. The molecule has 1 aromatic heterocycles. The molecule has 0 unspecified atom stereocenters. The average molecular weight is 302 g/mol. The van der Waals surface area contributed by atoms with Gasteiger partial charge in [-0.15, -0.1) is 0 Å². The lowest BCUT2D eigenvalue weighted by atomic mass is 9.97. The van der Waals surface area contributed by atoms with Crippen LogP contribution < -0.4 is 0 Å². The average Bonchev–Trinajstić information content (AvgIpc) is 2.53. The van der Waals surface area contributed by atoms with Crippen molar-refractivity contribution in [1.82, 2.24) is 9.88 Å². The van der Waals surface area contributed by atoms with Crippen molar-refractivity contribution < 1.29 is 19.1 Å². The largest absolute Gasteiger partial charge is 0.481 e. The minimum Gasteiger partial charge on any atom is -0.481 e. The van der Waals surface area contributed by atoms with Gasteiger partial charge in [0.05, 0.1) is 17.0 Å². The molecule has 6 heteroatoms. The van der Waals surface area contributed by atoms with E-state index in [1.807, 2.05) is 0 Å². The highest BCUT2D eigenvalue weighted by atomic mass is 19.1. The molecule has 1 atom stereocenters. The SMILES string of the molecule is O=C(O)[C@H]1CCCN(C(=O)c2cc(F)cc3cccnc23)C1. The topological polar surface area (TPSA) is 70.5 Å². The number of fused-ring (bicyclic) bond motifs is 1. The fourth-order valence-corrected chi connectivity index (χ4v) is 2.85. The van der Waals surface area contributed by atoms with Gasteiger partial charge in [-0.25, -0.2) is 4.39 Å². The van der Waals surface area contributed by atoms with Gasteiger partial charge in [-0.2, -0.15) is 0 Å². The summed E-state index contributed by atoms with van der Waals surface area (Å²) >= 11 is 0. The number of amides is 1. The standard InChI is InChI=1S/C16H15FN2O3/c17-12-7-10-3-1-5-18-14(10)13(8-12)15(20)19-6-2-4-11(9-19)16(21)22/h1,3,5,7-8,11H,2,4,6,9H2,(H,21,22)/t11-/m0/s1. The molecule has 3 rings (SSSR count). The van der Waals surface area contributed by atoms with E-state index in [0.717, 1.165) is 0 Å².